The highest BCUT2D eigenvalue weighted by atomic mass is 19.1. The van der Waals surface area contributed by atoms with Gasteiger partial charge >= 0.3 is 0 Å². The fourth-order valence-electron chi connectivity index (χ4n) is 4.91. The molecule has 1 N–H and O–H groups in total. The smallest absolute Gasteiger partial charge is 0.229 e. The zero-order valence-corrected chi connectivity index (χ0v) is 21.6. The Morgan fingerprint density at radius 3 is 2.76 bits per heavy atom. The van der Waals surface area contributed by atoms with E-state index in [2.05, 4.69) is 25.3 Å². The van der Waals surface area contributed by atoms with E-state index in [1.54, 1.807) is 17.8 Å². The van der Waals surface area contributed by atoms with Crippen molar-refractivity contribution in [3.8, 4) is 11.3 Å². The molecule has 0 bridgehead atoms. The van der Waals surface area contributed by atoms with Gasteiger partial charge in [-0.3, -0.25) is 9.58 Å². The molecule has 0 saturated heterocycles. The van der Waals surface area contributed by atoms with E-state index in [4.69, 9.17) is 9.72 Å². The van der Waals surface area contributed by atoms with Crippen LogP contribution in [0.2, 0.25) is 0 Å². The highest BCUT2D eigenvalue weighted by Gasteiger charge is 2.20. The molecular formula is C27H31F2N7O. The highest BCUT2D eigenvalue weighted by molar-refractivity contribution is 5.87. The first kappa shape index (κ1) is 25.2. The van der Waals surface area contributed by atoms with Crippen LogP contribution in [-0.2, 0) is 24.8 Å². The van der Waals surface area contributed by atoms with Gasteiger partial charge in [-0.25, -0.2) is 23.7 Å². The maximum absolute atomic E-state index is 15.0. The maximum atomic E-state index is 15.0. The number of pyridine rings is 1. The largest absolute Gasteiger partial charge is 0.380 e. The molecule has 1 aliphatic heterocycles. The second-order valence-corrected chi connectivity index (χ2v) is 9.56. The van der Waals surface area contributed by atoms with E-state index >= 15 is 0 Å². The predicted octanol–water partition coefficient (Wildman–Crippen LogP) is 4.97. The average Bonchev–Trinajstić information content (AvgIpc) is 3.22. The first-order chi connectivity index (χ1) is 17.8. The Morgan fingerprint density at radius 2 is 1.97 bits per heavy atom. The van der Waals surface area contributed by atoms with Gasteiger partial charge in [-0.2, -0.15) is 5.10 Å². The van der Waals surface area contributed by atoms with Crippen LogP contribution < -0.4 is 5.32 Å². The van der Waals surface area contributed by atoms with Crippen LogP contribution in [-0.4, -0.2) is 55.9 Å². The fraction of sp³-hybridized carbons (Fsp3) is 0.407. The minimum absolute atomic E-state index is 0.0137. The molecule has 5 rings (SSSR count). The first-order valence-corrected chi connectivity index (χ1v) is 12.6. The number of halogens is 2. The van der Waals surface area contributed by atoms with Crippen LogP contribution >= 0.6 is 0 Å². The summed E-state index contributed by atoms with van der Waals surface area (Å²) >= 11 is 0. The molecule has 3 aromatic heterocycles. The molecule has 1 aromatic carbocycles. The number of fused-ring (bicyclic) bond motifs is 2. The van der Waals surface area contributed by atoms with Crippen LogP contribution in [0, 0.1) is 11.6 Å². The molecule has 0 fully saturated rings. The Labute approximate surface area is 214 Å². The number of rotatable bonds is 8. The Bertz CT molecular complexity index is 1440. The summed E-state index contributed by atoms with van der Waals surface area (Å²) in [6.45, 7) is 10.1. The van der Waals surface area contributed by atoms with Gasteiger partial charge in [0.1, 0.15) is 17.0 Å². The van der Waals surface area contributed by atoms with Gasteiger partial charge < -0.3 is 10.1 Å². The monoisotopic (exact) mass is 507 g/mol. The van der Waals surface area contributed by atoms with Crippen molar-refractivity contribution in [1.82, 2.24) is 29.6 Å². The summed E-state index contributed by atoms with van der Waals surface area (Å²) in [5, 5.41) is 8.04. The van der Waals surface area contributed by atoms with Gasteiger partial charge in [0.2, 0.25) is 5.95 Å². The standard InChI is InChI=1S/C27H31F2N7O/c1-5-37-11-10-36-9-8-22-17(15-36)6-7-23(31-22)32-27-30-14-21(29)24(33-27)18-12-19-25(20(28)13-18)34-35(4)26(19)16(2)3/h6-7,12-14,16H,5,8-11,15H2,1-4H3,(H,30,31,32,33). The van der Waals surface area contributed by atoms with E-state index in [1.165, 1.54) is 11.6 Å². The van der Waals surface area contributed by atoms with E-state index in [1.807, 2.05) is 32.9 Å². The van der Waals surface area contributed by atoms with Gasteiger partial charge in [0.05, 0.1) is 12.8 Å². The van der Waals surface area contributed by atoms with Crippen LogP contribution in [0.15, 0.2) is 30.5 Å². The normalized spacial score (nSPS) is 13.9. The van der Waals surface area contributed by atoms with Crippen molar-refractivity contribution in [2.45, 2.75) is 39.7 Å². The summed E-state index contributed by atoms with van der Waals surface area (Å²) in [5.74, 6) is -0.271. The number of anilines is 2. The Balaban J connectivity index is 1.40. The van der Waals surface area contributed by atoms with Gasteiger partial charge in [0.25, 0.3) is 0 Å². The highest BCUT2D eigenvalue weighted by Crippen LogP contribution is 2.32. The summed E-state index contributed by atoms with van der Waals surface area (Å²) in [5.41, 5.74) is 3.67. The molecule has 0 saturated carbocycles. The number of aromatic nitrogens is 5. The third-order valence-electron chi connectivity index (χ3n) is 6.63. The molecule has 0 radical (unpaired) electrons. The lowest BCUT2D eigenvalue weighted by Gasteiger charge is -2.28. The van der Waals surface area contributed by atoms with Gasteiger partial charge in [0, 0.05) is 62.0 Å². The number of benzene rings is 1. The summed E-state index contributed by atoms with van der Waals surface area (Å²) in [4.78, 5) is 15.6. The molecule has 4 aromatic rings. The van der Waals surface area contributed by atoms with E-state index in [0.717, 1.165) is 56.9 Å². The van der Waals surface area contributed by atoms with Crippen LogP contribution in [0.3, 0.4) is 0 Å². The lowest BCUT2D eigenvalue weighted by molar-refractivity contribution is 0.108. The SMILES string of the molecule is CCOCCN1CCc2nc(Nc3ncc(F)c(-c4cc(F)c5nn(C)c(C(C)C)c5c4)n3)ccc2C1. The van der Waals surface area contributed by atoms with Crippen molar-refractivity contribution in [2.75, 3.05) is 31.6 Å². The van der Waals surface area contributed by atoms with E-state index in [0.29, 0.717) is 16.8 Å². The third-order valence-corrected chi connectivity index (χ3v) is 6.63. The molecular weight excluding hydrogens is 476 g/mol. The van der Waals surface area contributed by atoms with Crippen molar-refractivity contribution in [3.63, 3.8) is 0 Å². The van der Waals surface area contributed by atoms with E-state index in [9.17, 15) is 8.78 Å². The summed E-state index contributed by atoms with van der Waals surface area (Å²) in [6.07, 6.45) is 1.92. The molecule has 0 spiro atoms. The average molecular weight is 508 g/mol. The minimum Gasteiger partial charge on any atom is -0.380 e. The van der Waals surface area contributed by atoms with Crippen molar-refractivity contribution in [3.05, 3.63) is 59.0 Å². The van der Waals surface area contributed by atoms with Crippen molar-refractivity contribution in [1.29, 1.82) is 0 Å². The lowest BCUT2D eigenvalue weighted by Crippen LogP contribution is -2.33. The molecule has 8 nitrogen and oxygen atoms in total. The molecule has 10 heteroatoms. The predicted molar refractivity (Wildman–Crippen MR) is 139 cm³/mol. The fourth-order valence-corrected chi connectivity index (χ4v) is 4.91. The van der Waals surface area contributed by atoms with Crippen molar-refractivity contribution in [2.24, 2.45) is 7.05 Å². The number of nitrogens with zero attached hydrogens (tertiary/aromatic N) is 6. The van der Waals surface area contributed by atoms with Crippen LogP contribution in [0.1, 0.15) is 43.6 Å². The zero-order valence-electron chi connectivity index (χ0n) is 21.6. The molecule has 4 heterocycles. The van der Waals surface area contributed by atoms with E-state index in [-0.39, 0.29) is 23.1 Å². The number of ether oxygens (including phenoxy) is 1. The third kappa shape index (κ3) is 5.17. The second kappa shape index (κ2) is 10.5. The second-order valence-electron chi connectivity index (χ2n) is 9.56. The molecule has 0 amide bonds. The number of hydrogen-bond acceptors (Lipinski definition) is 7. The van der Waals surface area contributed by atoms with Gasteiger partial charge in [-0.15, -0.1) is 0 Å². The van der Waals surface area contributed by atoms with Crippen LogP contribution in [0.25, 0.3) is 22.2 Å². The van der Waals surface area contributed by atoms with Crippen LogP contribution in [0.5, 0.6) is 0 Å². The summed E-state index contributed by atoms with van der Waals surface area (Å²) < 4.78 is 36.9. The van der Waals surface area contributed by atoms with E-state index < -0.39 is 11.6 Å². The quantitative estimate of drug-likeness (QED) is 0.338. The summed E-state index contributed by atoms with van der Waals surface area (Å²) in [7, 11) is 1.78. The number of nitrogens with one attached hydrogen (secondary N) is 1. The Kier molecular flexibility index (Phi) is 7.12. The first-order valence-electron chi connectivity index (χ1n) is 12.6. The maximum Gasteiger partial charge on any atom is 0.229 e. The minimum atomic E-state index is -0.634. The van der Waals surface area contributed by atoms with Crippen LogP contribution in [0.4, 0.5) is 20.5 Å². The molecule has 0 aliphatic carbocycles. The Hall–Kier alpha value is -3.50. The Morgan fingerprint density at radius 1 is 1.14 bits per heavy atom. The number of hydrogen-bond donors (Lipinski definition) is 1. The van der Waals surface area contributed by atoms with Gasteiger partial charge in [-0.1, -0.05) is 19.9 Å². The molecule has 0 atom stereocenters. The zero-order chi connectivity index (χ0) is 26.1. The van der Waals surface area contributed by atoms with Crippen molar-refractivity contribution < 1.29 is 13.5 Å². The number of aryl methyl sites for hydroxylation is 1. The van der Waals surface area contributed by atoms with Gasteiger partial charge in [0.15, 0.2) is 11.6 Å². The van der Waals surface area contributed by atoms with Crippen molar-refractivity contribution >= 4 is 22.7 Å². The molecule has 1 aliphatic rings. The molecule has 194 valence electrons. The molecule has 0 unspecified atom stereocenters. The summed E-state index contributed by atoms with van der Waals surface area (Å²) in [6, 6.07) is 6.92. The topological polar surface area (TPSA) is 81.0 Å². The lowest BCUT2D eigenvalue weighted by atomic mass is 10.0. The van der Waals surface area contributed by atoms with Gasteiger partial charge in [-0.05, 0) is 36.6 Å². The molecule has 37 heavy (non-hydrogen) atoms.